The molecule has 0 bridgehead atoms. The molecule has 1 heterocycles. The van der Waals surface area contributed by atoms with Crippen molar-refractivity contribution in [2.24, 2.45) is 0 Å². The molecular formula is C13H16N2O4. The first kappa shape index (κ1) is 13.3. The number of rotatable bonds is 4. The van der Waals surface area contributed by atoms with Crippen molar-refractivity contribution in [3.63, 3.8) is 0 Å². The second-order valence-electron chi connectivity index (χ2n) is 5.05. The number of aromatic amines is 1. The molecule has 102 valence electrons. The van der Waals surface area contributed by atoms with E-state index in [-0.39, 0.29) is 17.4 Å². The minimum Gasteiger partial charge on any atom is -0.481 e. The van der Waals surface area contributed by atoms with Crippen LogP contribution in [0.2, 0.25) is 0 Å². The van der Waals surface area contributed by atoms with E-state index in [1.807, 2.05) is 0 Å². The van der Waals surface area contributed by atoms with Gasteiger partial charge in [0.1, 0.15) is 5.56 Å². The molecule has 1 aromatic rings. The van der Waals surface area contributed by atoms with Crippen LogP contribution in [-0.2, 0) is 4.79 Å². The van der Waals surface area contributed by atoms with E-state index in [4.69, 9.17) is 5.11 Å². The van der Waals surface area contributed by atoms with E-state index in [0.717, 1.165) is 6.42 Å². The van der Waals surface area contributed by atoms with Crippen LogP contribution < -0.4 is 10.7 Å². The average Bonchev–Trinajstić information content (AvgIpc) is 2.25. The first-order valence-electron chi connectivity index (χ1n) is 6.15. The lowest BCUT2D eigenvalue weighted by atomic mass is 9.74. The zero-order valence-corrected chi connectivity index (χ0v) is 10.7. The Balaban J connectivity index is 2.16. The third-order valence-corrected chi connectivity index (χ3v) is 3.48. The van der Waals surface area contributed by atoms with Crippen molar-refractivity contribution in [1.82, 2.24) is 10.3 Å². The summed E-state index contributed by atoms with van der Waals surface area (Å²) in [7, 11) is 0. The largest absolute Gasteiger partial charge is 0.481 e. The monoisotopic (exact) mass is 264 g/mol. The van der Waals surface area contributed by atoms with Gasteiger partial charge in [-0.05, 0) is 26.2 Å². The number of aryl methyl sites for hydroxylation is 1. The van der Waals surface area contributed by atoms with Gasteiger partial charge in [-0.2, -0.15) is 0 Å². The molecule has 0 saturated heterocycles. The van der Waals surface area contributed by atoms with Gasteiger partial charge in [-0.25, -0.2) is 0 Å². The third-order valence-electron chi connectivity index (χ3n) is 3.48. The molecule has 0 aliphatic heterocycles. The molecule has 0 radical (unpaired) electrons. The molecule has 0 spiro atoms. The predicted molar refractivity (Wildman–Crippen MR) is 68.1 cm³/mol. The molecule has 1 aliphatic rings. The van der Waals surface area contributed by atoms with Crippen molar-refractivity contribution in [2.45, 2.75) is 38.1 Å². The number of amides is 1. The summed E-state index contributed by atoms with van der Waals surface area (Å²) in [6.45, 7) is 1.72. The molecule has 19 heavy (non-hydrogen) atoms. The zero-order chi connectivity index (χ0) is 14.0. The lowest BCUT2D eigenvalue weighted by molar-refractivity contribution is -0.139. The Morgan fingerprint density at radius 3 is 2.63 bits per heavy atom. The summed E-state index contributed by atoms with van der Waals surface area (Å²) in [5.74, 6) is -1.46. The van der Waals surface area contributed by atoms with Crippen LogP contribution in [0, 0.1) is 6.92 Å². The second kappa shape index (κ2) is 4.87. The number of hydrogen-bond acceptors (Lipinski definition) is 3. The number of H-pyrrole nitrogens is 1. The van der Waals surface area contributed by atoms with Gasteiger partial charge in [-0.3, -0.25) is 14.4 Å². The minimum atomic E-state index is -0.946. The maximum Gasteiger partial charge on any atom is 0.305 e. The highest BCUT2D eigenvalue weighted by Crippen LogP contribution is 2.35. The van der Waals surface area contributed by atoms with E-state index in [2.05, 4.69) is 10.3 Å². The van der Waals surface area contributed by atoms with Crippen LogP contribution in [0.25, 0.3) is 0 Å². The molecule has 6 heteroatoms. The number of carboxylic acids is 1. The van der Waals surface area contributed by atoms with Gasteiger partial charge in [-0.1, -0.05) is 0 Å². The molecule has 3 N–H and O–H groups in total. The van der Waals surface area contributed by atoms with Crippen LogP contribution in [0.3, 0.4) is 0 Å². The first-order valence-corrected chi connectivity index (χ1v) is 6.15. The Bertz CT molecular complexity index is 572. The summed E-state index contributed by atoms with van der Waals surface area (Å²) in [6, 6.07) is 1.35. The smallest absolute Gasteiger partial charge is 0.305 e. The van der Waals surface area contributed by atoms with Crippen LogP contribution in [0.5, 0.6) is 0 Å². The highest BCUT2D eigenvalue weighted by Gasteiger charge is 2.40. The van der Waals surface area contributed by atoms with E-state index in [0.29, 0.717) is 18.5 Å². The molecule has 0 unspecified atom stereocenters. The van der Waals surface area contributed by atoms with Gasteiger partial charge < -0.3 is 15.4 Å². The van der Waals surface area contributed by atoms with E-state index in [1.54, 1.807) is 6.92 Å². The molecular weight excluding hydrogens is 248 g/mol. The normalized spacial score (nSPS) is 16.5. The summed E-state index contributed by atoms with van der Waals surface area (Å²) < 4.78 is 0. The van der Waals surface area contributed by atoms with E-state index in [9.17, 15) is 14.4 Å². The van der Waals surface area contributed by atoms with Gasteiger partial charge in [-0.15, -0.1) is 0 Å². The minimum absolute atomic E-state index is 0.0160. The van der Waals surface area contributed by atoms with Crippen LogP contribution >= 0.6 is 0 Å². The summed E-state index contributed by atoms with van der Waals surface area (Å²) in [6.07, 6.45) is 3.41. The molecule has 1 aromatic heterocycles. The Labute approximate surface area is 109 Å². The first-order chi connectivity index (χ1) is 8.92. The van der Waals surface area contributed by atoms with Gasteiger partial charge >= 0.3 is 5.97 Å². The molecule has 6 nitrogen and oxygen atoms in total. The lowest BCUT2D eigenvalue weighted by Gasteiger charge is -2.41. The predicted octanol–water partition coefficient (Wildman–Crippen LogP) is 0.811. The topological polar surface area (TPSA) is 99.3 Å². The number of aromatic nitrogens is 1. The summed E-state index contributed by atoms with van der Waals surface area (Å²) in [5.41, 5.74) is -0.369. The standard InChI is InChI=1S/C13H16N2O4/c1-8-5-10(16)9(7-14-8)12(19)15-13(3-2-4-13)6-11(17)18/h5,7H,2-4,6H2,1H3,(H,14,16)(H,15,19)(H,17,18). The van der Waals surface area contributed by atoms with Crippen LogP contribution in [0.15, 0.2) is 17.1 Å². The summed E-state index contributed by atoms with van der Waals surface area (Å²) in [4.78, 5) is 37.4. The van der Waals surface area contributed by atoms with E-state index in [1.165, 1.54) is 12.3 Å². The third kappa shape index (κ3) is 2.83. The number of hydrogen-bond donors (Lipinski definition) is 3. The van der Waals surface area contributed by atoms with Crippen molar-refractivity contribution in [3.8, 4) is 0 Å². The highest BCUT2D eigenvalue weighted by atomic mass is 16.4. The molecule has 2 rings (SSSR count). The molecule has 1 saturated carbocycles. The number of aliphatic carboxylic acids is 1. The molecule has 0 aromatic carbocycles. The molecule has 1 fully saturated rings. The van der Waals surface area contributed by atoms with Crippen molar-refractivity contribution < 1.29 is 14.7 Å². The van der Waals surface area contributed by atoms with Crippen LogP contribution in [0.1, 0.15) is 41.7 Å². The number of pyridine rings is 1. The van der Waals surface area contributed by atoms with Gasteiger partial charge in [0, 0.05) is 18.0 Å². The van der Waals surface area contributed by atoms with Gasteiger partial charge in [0.25, 0.3) is 5.91 Å². The number of carboxylic acid groups (broad SMARTS) is 1. The fourth-order valence-corrected chi connectivity index (χ4v) is 2.30. The second-order valence-corrected chi connectivity index (χ2v) is 5.05. The molecule has 1 amide bonds. The SMILES string of the molecule is Cc1cc(=O)c(C(=O)NC2(CC(=O)O)CCC2)c[nH]1. The summed E-state index contributed by atoms with van der Waals surface area (Å²) >= 11 is 0. The quantitative estimate of drug-likeness (QED) is 0.749. The highest BCUT2D eigenvalue weighted by molar-refractivity contribution is 5.94. The average molecular weight is 264 g/mol. The van der Waals surface area contributed by atoms with Crippen molar-refractivity contribution in [2.75, 3.05) is 0 Å². The fraction of sp³-hybridized carbons (Fsp3) is 0.462. The molecule has 1 aliphatic carbocycles. The maximum atomic E-state index is 12.0. The number of carbonyl (C=O) groups is 2. The Morgan fingerprint density at radius 1 is 1.47 bits per heavy atom. The number of nitrogens with one attached hydrogen (secondary N) is 2. The van der Waals surface area contributed by atoms with Crippen molar-refractivity contribution in [1.29, 1.82) is 0 Å². The number of carbonyl (C=O) groups excluding carboxylic acids is 1. The fourth-order valence-electron chi connectivity index (χ4n) is 2.30. The summed E-state index contributed by atoms with van der Waals surface area (Å²) in [5, 5.41) is 11.6. The van der Waals surface area contributed by atoms with E-state index >= 15 is 0 Å². The molecule has 0 atom stereocenters. The van der Waals surface area contributed by atoms with E-state index < -0.39 is 17.4 Å². The Morgan fingerprint density at radius 2 is 2.16 bits per heavy atom. The zero-order valence-electron chi connectivity index (χ0n) is 10.7. The van der Waals surface area contributed by atoms with Crippen molar-refractivity contribution >= 4 is 11.9 Å². The van der Waals surface area contributed by atoms with Gasteiger partial charge in [0.05, 0.1) is 12.0 Å². The Kier molecular flexibility index (Phi) is 3.42. The van der Waals surface area contributed by atoms with Crippen LogP contribution in [0.4, 0.5) is 0 Å². The Hall–Kier alpha value is -2.11. The van der Waals surface area contributed by atoms with Crippen molar-refractivity contribution in [3.05, 3.63) is 33.7 Å². The van der Waals surface area contributed by atoms with Gasteiger partial charge in [0.15, 0.2) is 5.43 Å². The lowest BCUT2D eigenvalue weighted by Crippen LogP contribution is -2.55. The maximum absolute atomic E-state index is 12.0. The van der Waals surface area contributed by atoms with Gasteiger partial charge in [0.2, 0.25) is 0 Å². The van der Waals surface area contributed by atoms with Crippen LogP contribution in [-0.4, -0.2) is 27.5 Å².